The molecule has 0 bridgehead atoms. The fourth-order valence-corrected chi connectivity index (χ4v) is 3.36. The zero-order valence-electron chi connectivity index (χ0n) is 15.9. The number of amides is 1. The predicted octanol–water partition coefficient (Wildman–Crippen LogP) is 5.27. The van der Waals surface area contributed by atoms with Crippen LogP contribution in [-0.2, 0) is 4.79 Å². The summed E-state index contributed by atoms with van der Waals surface area (Å²) in [4.78, 5) is 12.6. The van der Waals surface area contributed by atoms with Crippen LogP contribution in [0.2, 0.25) is 0 Å². The number of nitrogens with one attached hydrogen (secondary N) is 1. The zero-order chi connectivity index (χ0) is 19.4. The average molecular weight is 385 g/mol. The molecule has 0 radical (unpaired) electrons. The summed E-state index contributed by atoms with van der Waals surface area (Å²) in [6.45, 7) is 7.94. The first-order chi connectivity index (χ1) is 13.0. The third-order valence-electron chi connectivity index (χ3n) is 4.50. The van der Waals surface area contributed by atoms with Crippen molar-refractivity contribution in [3.63, 3.8) is 0 Å². The van der Waals surface area contributed by atoms with Gasteiger partial charge in [-0.15, -0.1) is 10.2 Å². The minimum absolute atomic E-state index is 0.102. The number of thioether (sulfide) groups is 1. The van der Waals surface area contributed by atoms with E-state index in [2.05, 4.69) is 35.4 Å². The Morgan fingerprint density at radius 3 is 2.70 bits per heavy atom. The Labute approximate surface area is 162 Å². The number of furan rings is 1. The maximum atomic E-state index is 12.6. The van der Waals surface area contributed by atoms with Gasteiger partial charge in [0.05, 0.1) is 17.1 Å². The van der Waals surface area contributed by atoms with E-state index in [1.54, 1.807) is 12.3 Å². The molecule has 142 valence electrons. The predicted molar refractivity (Wildman–Crippen MR) is 106 cm³/mol. The van der Waals surface area contributed by atoms with E-state index in [1.165, 1.54) is 11.8 Å². The Morgan fingerprint density at radius 1 is 1.22 bits per heavy atom. The van der Waals surface area contributed by atoms with Gasteiger partial charge >= 0.3 is 0 Å². The Bertz CT molecular complexity index is 919. The largest absolute Gasteiger partial charge is 0.469 e. The van der Waals surface area contributed by atoms with Crippen LogP contribution in [0.5, 0.6) is 0 Å². The lowest BCUT2D eigenvalue weighted by atomic mass is 9.97. The Hall–Kier alpha value is -2.54. The Balaban J connectivity index is 1.67. The van der Waals surface area contributed by atoms with Gasteiger partial charge in [0.25, 0.3) is 11.1 Å². The Morgan fingerprint density at radius 2 is 2.00 bits per heavy atom. The number of carbonyl (C=O) groups excluding carboxylic acids is 1. The lowest BCUT2D eigenvalue weighted by molar-refractivity contribution is -0.115. The monoisotopic (exact) mass is 385 g/mol. The molecule has 2 atom stereocenters. The first-order valence-corrected chi connectivity index (χ1v) is 9.82. The minimum Gasteiger partial charge on any atom is -0.469 e. The molecule has 0 aliphatic heterocycles. The molecule has 1 N–H and O–H groups in total. The SMILES string of the molecule is CC[C@H](C)c1ccccc1NC(=O)[C@H](C)Sc1nnc(-c2ccoc2C)o1. The van der Waals surface area contributed by atoms with Crippen LogP contribution in [-0.4, -0.2) is 21.4 Å². The molecule has 27 heavy (non-hydrogen) atoms. The van der Waals surface area contributed by atoms with Gasteiger partial charge in [-0.3, -0.25) is 4.79 Å². The minimum atomic E-state index is -0.381. The Kier molecular flexibility index (Phi) is 6.01. The molecular weight excluding hydrogens is 362 g/mol. The van der Waals surface area contributed by atoms with Gasteiger partial charge in [-0.25, -0.2) is 0 Å². The third kappa shape index (κ3) is 4.42. The zero-order valence-corrected chi connectivity index (χ0v) is 16.7. The molecule has 0 aliphatic carbocycles. The highest BCUT2D eigenvalue weighted by Crippen LogP contribution is 2.30. The number of carbonyl (C=O) groups is 1. The van der Waals surface area contributed by atoms with Crippen molar-refractivity contribution in [3.05, 3.63) is 47.9 Å². The number of rotatable bonds is 7. The van der Waals surface area contributed by atoms with E-state index in [0.717, 1.165) is 23.2 Å². The summed E-state index contributed by atoms with van der Waals surface area (Å²) in [5, 5.41) is 11.1. The van der Waals surface area contributed by atoms with Gasteiger partial charge in [0.15, 0.2) is 0 Å². The van der Waals surface area contributed by atoms with Gasteiger partial charge in [0.1, 0.15) is 5.76 Å². The van der Waals surface area contributed by atoms with E-state index in [-0.39, 0.29) is 11.2 Å². The van der Waals surface area contributed by atoms with Crippen molar-refractivity contribution in [2.24, 2.45) is 0 Å². The number of aryl methyl sites for hydroxylation is 1. The van der Waals surface area contributed by atoms with Gasteiger partial charge in [-0.2, -0.15) is 0 Å². The molecule has 2 aromatic heterocycles. The van der Waals surface area contributed by atoms with Crippen LogP contribution in [0.3, 0.4) is 0 Å². The summed E-state index contributed by atoms with van der Waals surface area (Å²) in [5.41, 5.74) is 2.75. The van der Waals surface area contributed by atoms with Crippen LogP contribution in [0.25, 0.3) is 11.5 Å². The van der Waals surface area contributed by atoms with Crippen molar-refractivity contribution >= 4 is 23.4 Å². The number of hydrogen-bond acceptors (Lipinski definition) is 6. The van der Waals surface area contributed by atoms with E-state index in [4.69, 9.17) is 8.83 Å². The second-order valence-corrected chi connectivity index (χ2v) is 7.70. The van der Waals surface area contributed by atoms with Gasteiger partial charge in [-0.05, 0) is 43.9 Å². The van der Waals surface area contributed by atoms with E-state index in [9.17, 15) is 4.79 Å². The third-order valence-corrected chi connectivity index (χ3v) is 5.44. The van der Waals surface area contributed by atoms with Crippen LogP contribution in [0.1, 0.15) is 44.4 Å². The van der Waals surface area contributed by atoms with Crippen LogP contribution in [0, 0.1) is 6.92 Å². The van der Waals surface area contributed by atoms with E-state index in [0.29, 0.717) is 22.8 Å². The highest BCUT2D eigenvalue weighted by atomic mass is 32.2. The van der Waals surface area contributed by atoms with Crippen LogP contribution in [0.4, 0.5) is 5.69 Å². The fourth-order valence-electron chi connectivity index (χ4n) is 2.67. The van der Waals surface area contributed by atoms with Crippen molar-refractivity contribution < 1.29 is 13.6 Å². The van der Waals surface area contributed by atoms with E-state index >= 15 is 0 Å². The first kappa shape index (κ1) is 19.2. The summed E-state index contributed by atoms with van der Waals surface area (Å²) >= 11 is 1.23. The van der Waals surface area contributed by atoms with Crippen molar-refractivity contribution in [1.29, 1.82) is 0 Å². The van der Waals surface area contributed by atoms with Crippen molar-refractivity contribution in [2.75, 3.05) is 5.32 Å². The molecule has 0 unspecified atom stereocenters. The molecule has 3 rings (SSSR count). The van der Waals surface area contributed by atoms with Crippen molar-refractivity contribution in [2.45, 2.75) is 50.5 Å². The second-order valence-electron chi connectivity index (χ2n) is 6.41. The highest BCUT2D eigenvalue weighted by Gasteiger charge is 2.21. The molecule has 6 nitrogen and oxygen atoms in total. The number of aromatic nitrogens is 2. The summed E-state index contributed by atoms with van der Waals surface area (Å²) in [6.07, 6.45) is 2.59. The summed E-state index contributed by atoms with van der Waals surface area (Å²) < 4.78 is 10.9. The molecule has 0 aliphatic rings. The number of para-hydroxylation sites is 1. The van der Waals surface area contributed by atoms with E-state index in [1.807, 2.05) is 32.0 Å². The summed E-state index contributed by atoms with van der Waals surface area (Å²) in [5.74, 6) is 1.37. The van der Waals surface area contributed by atoms with Gasteiger partial charge in [0.2, 0.25) is 5.91 Å². The molecule has 7 heteroatoms. The second kappa shape index (κ2) is 8.43. The molecular formula is C20H23N3O3S. The van der Waals surface area contributed by atoms with Crippen molar-refractivity contribution in [1.82, 2.24) is 10.2 Å². The van der Waals surface area contributed by atoms with Gasteiger partial charge in [-0.1, -0.05) is 43.8 Å². The molecule has 2 heterocycles. The fraction of sp³-hybridized carbons (Fsp3) is 0.350. The molecule has 1 aromatic carbocycles. The normalized spacial score (nSPS) is 13.3. The lowest BCUT2D eigenvalue weighted by Crippen LogP contribution is -2.23. The summed E-state index contributed by atoms with van der Waals surface area (Å²) in [6, 6.07) is 9.69. The molecule has 0 spiro atoms. The van der Waals surface area contributed by atoms with Crippen molar-refractivity contribution in [3.8, 4) is 11.5 Å². The molecule has 0 saturated carbocycles. The summed E-state index contributed by atoms with van der Waals surface area (Å²) in [7, 11) is 0. The number of hydrogen-bond donors (Lipinski definition) is 1. The van der Waals surface area contributed by atoms with Gasteiger partial charge in [0, 0.05) is 5.69 Å². The molecule has 0 fully saturated rings. The first-order valence-electron chi connectivity index (χ1n) is 8.94. The molecule has 1 amide bonds. The quantitative estimate of drug-likeness (QED) is 0.558. The maximum Gasteiger partial charge on any atom is 0.277 e. The average Bonchev–Trinajstić information content (AvgIpc) is 3.30. The molecule has 0 saturated heterocycles. The highest BCUT2D eigenvalue weighted by molar-refractivity contribution is 8.00. The smallest absolute Gasteiger partial charge is 0.277 e. The topological polar surface area (TPSA) is 81.2 Å². The van der Waals surface area contributed by atoms with E-state index < -0.39 is 0 Å². The lowest BCUT2D eigenvalue weighted by Gasteiger charge is -2.17. The number of nitrogens with zero attached hydrogens (tertiary/aromatic N) is 2. The van der Waals surface area contributed by atoms with Crippen LogP contribution < -0.4 is 5.32 Å². The molecule has 3 aromatic rings. The van der Waals surface area contributed by atoms with Gasteiger partial charge < -0.3 is 14.2 Å². The van der Waals surface area contributed by atoms with Crippen LogP contribution >= 0.6 is 11.8 Å². The maximum absolute atomic E-state index is 12.6. The van der Waals surface area contributed by atoms with Crippen LogP contribution in [0.15, 0.2) is 50.7 Å². The standard InChI is InChI=1S/C20H23N3O3S/c1-5-12(2)15-8-6-7-9-17(15)21-18(24)14(4)27-20-23-22-19(26-20)16-10-11-25-13(16)3/h6-12,14H,5H2,1-4H3,(H,21,24)/t12-,14-/m0/s1. The number of anilines is 1. The number of benzene rings is 1.